The van der Waals surface area contributed by atoms with Gasteiger partial charge in [0.1, 0.15) is 13.2 Å². The second-order valence-corrected chi connectivity index (χ2v) is 10.7. The van der Waals surface area contributed by atoms with Crippen molar-refractivity contribution in [2.24, 2.45) is 4.99 Å². The molecule has 0 bridgehead atoms. The van der Waals surface area contributed by atoms with Crippen LogP contribution in [0.3, 0.4) is 0 Å². The molecule has 7 nitrogen and oxygen atoms in total. The summed E-state index contributed by atoms with van der Waals surface area (Å²) >= 11 is 0. The monoisotopic (exact) mass is 559 g/mol. The van der Waals surface area contributed by atoms with Crippen molar-refractivity contribution in [3.05, 3.63) is 144 Å². The summed E-state index contributed by atoms with van der Waals surface area (Å²) < 4.78 is 11.2. The summed E-state index contributed by atoms with van der Waals surface area (Å²) in [5.41, 5.74) is 3.77. The first-order valence-electron chi connectivity index (χ1n) is 14.3. The fraction of sp³-hybridized carbons (Fsp3) is 0.229. The number of benzene rings is 4. The van der Waals surface area contributed by atoms with Gasteiger partial charge < -0.3 is 14.4 Å². The van der Waals surface area contributed by atoms with Crippen molar-refractivity contribution in [3.63, 3.8) is 0 Å². The second-order valence-electron chi connectivity index (χ2n) is 10.7. The molecule has 2 heterocycles. The third-order valence-corrected chi connectivity index (χ3v) is 8.15. The highest BCUT2D eigenvalue weighted by atomic mass is 16.6. The van der Waals surface area contributed by atoms with Crippen molar-refractivity contribution in [1.29, 1.82) is 0 Å². The smallest absolute Gasteiger partial charge is 0.437 e. The first-order chi connectivity index (χ1) is 20.6. The Morgan fingerprint density at radius 2 is 1.21 bits per heavy atom. The zero-order valence-electron chi connectivity index (χ0n) is 23.3. The van der Waals surface area contributed by atoms with Gasteiger partial charge in [-0.3, -0.25) is 0 Å². The number of hydrogen-bond acceptors (Lipinski definition) is 4. The number of hydrogen-bond donors (Lipinski definition) is 0. The third-order valence-electron chi connectivity index (χ3n) is 8.15. The maximum Gasteiger partial charge on any atom is 0.437 e. The summed E-state index contributed by atoms with van der Waals surface area (Å²) in [7, 11) is 0. The van der Waals surface area contributed by atoms with Crippen LogP contribution in [-0.4, -0.2) is 47.1 Å². The zero-order chi connectivity index (χ0) is 28.8. The van der Waals surface area contributed by atoms with E-state index in [9.17, 15) is 9.59 Å². The number of amides is 2. The standard InChI is InChI=1S/C35H33N3O4/c39-33(41-24-27-13-5-1-6-14-27)36-32-37(34(40)42-25-28-15-7-2-8-16-28)23-31-21-22-35(26-38(31)32,29-17-9-3-10-18-29)30-19-11-4-12-20-30/h1-20,31H,21-26H2/b36-32-. The molecule has 2 fully saturated rings. The van der Waals surface area contributed by atoms with Crippen LogP contribution in [0.5, 0.6) is 0 Å². The Kier molecular flexibility index (Phi) is 7.99. The molecule has 2 aliphatic heterocycles. The predicted octanol–water partition coefficient (Wildman–Crippen LogP) is 6.78. The van der Waals surface area contributed by atoms with Crippen LogP contribution in [0.15, 0.2) is 126 Å². The molecule has 4 aromatic rings. The van der Waals surface area contributed by atoms with Crippen molar-refractivity contribution < 1.29 is 19.1 Å². The zero-order valence-corrected chi connectivity index (χ0v) is 23.3. The van der Waals surface area contributed by atoms with Crippen molar-refractivity contribution in [2.75, 3.05) is 13.1 Å². The van der Waals surface area contributed by atoms with E-state index in [4.69, 9.17) is 9.47 Å². The molecule has 212 valence electrons. The Labute approximate surface area is 246 Å². The van der Waals surface area contributed by atoms with E-state index in [0.29, 0.717) is 13.1 Å². The van der Waals surface area contributed by atoms with Crippen molar-refractivity contribution in [2.45, 2.75) is 37.5 Å². The molecule has 1 unspecified atom stereocenters. The van der Waals surface area contributed by atoms with E-state index in [1.165, 1.54) is 16.0 Å². The van der Waals surface area contributed by atoms with Crippen LogP contribution in [0.4, 0.5) is 9.59 Å². The third kappa shape index (κ3) is 5.77. The van der Waals surface area contributed by atoms with Gasteiger partial charge in [-0.1, -0.05) is 121 Å². The van der Waals surface area contributed by atoms with Crippen LogP contribution in [-0.2, 0) is 28.1 Å². The van der Waals surface area contributed by atoms with Gasteiger partial charge in [0.15, 0.2) is 0 Å². The summed E-state index contributed by atoms with van der Waals surface area (Å²) in [5.74, 6) is 0.270. The Hall–Kier alpha value is -4.91. The molecule has 0 aromatic heterocycles. The Morgan fingerprint density at radius 3 is 1.76 bits per heavy atom. The molecule has 0 spiro atoms. The van der Waals surface area contributed by atoms with E-state index < -0.39 is 12.2 Å². The number of guanidine groups is 1. The first kappa shape index (κ1) is 27.3. The van der Waals surface area contributed by atoms with Crippen LogP contribution in [0, 0.1) is 0 Å². The lowest BCUT2D eigenvalue weighted by Crippen LogP contribution is -2.51. The molecule has 4 aromatic carbocycles. The first-order valence-corrected chi connectivity index (χ1v) is 14.3. The summed E-state index contributed by atoms with van der Waals surface area (Å²) in [6.07, 6.45) is 0.421. The van der Waals surface area contributed by atoms with Crippen molar-refractivity contribution >= 4 is 18.1 Å². The number of carbonyl (C=O) groups is 2. The van der Waals surface area contributed by atoms with Gasteiger partial charge in [0.25, 0.3) is 0 Å². The van der Waals surface area contributed by atoms with E-state index in [-0.39, 0.29) is 30.6 Å². The number of fused-ring (bicyclic) bond motifs is 1. The molecule has 0 saturated carbocycles. The number of ether oxygens (including phenoxy) is 2. The summed E-state index contributed by atoms with van der Waals surface area (Å²) in [6, 6.07) is 39.9. The highest BCUT2D eigenvalue weighted by molar-refractivity contribution is 6.00. The van der Waals surface area contributed by atoms with Gasteiger partial charge in [0.2, 0.25) is 5.96 Å². The minimum atomic E-state index is -0.744. The van der Waals surface area contributed by atoms with Gasteiger partial charge >= 0.3 is 12.2 Å². The number of nitrogens with zero attached hydrogens (tertiary/aromatic N) is 3. The average Bonchev–Trinajstić information content (AvgIpc) is 3.41. The van der Waals surface area contributed by atoms with E-state index in [2.05, 4.69) is 58.4 Å². The molecule has 1 atom stereocenters. The van der Waals surface area contributed by atoms with Crippen LogP contribution in [0.2, 0.25) is 0 Å². The average molecular weight is 560 g/mol. The van der Waals surface area contributed by atoms with Crippen LogP contribution in [0.1, 0.15) is 35.1 Å². The Bertz CT molecular complexity index is 1490. The Morgan fingerprint density at radius 1 is 0.714 bits per heavy atom. The van der Waals surface area contributed by atoms with E-state index in [1.54, 1.807) is 0 Å². The molecule has 2 aliphatic rings. The number of carbonyl (C=O) groups excluding carboxylic acids is 2. The van der Waals surface area contributed by atoms with E-state index in [0.717, 1.165) is 24.0 Å². The summed E-state index contributed by atoms with van der Waals surface area (Å²) in [4.78, 5) is 34.5. The molecule has 42 heavy (non-hydrogen) atoms. The number of aliphatic imine (C=N–C) groups is 1. The second kappa shape index (κ2) is 12.3. The number of piperidine rings is 1. The minimum absolute atomic E-state index is 0.00417. The summed E-state index contributed by atoms with van der Waals surface area (Å²) in [5, 5.41) is 0. The molecular weight excluding hydrogens is 526 g/mol. The van der Waals surface area contributed by atoms with Gasteiger partial charge in [-0.2, -0.15) is 0 Å². The van der Waals surface area contributed by atoms with Crippen LogP contribution in [0.25, 0.3) is 0 Å². The number of rotatable bonds is 6. The molecule has 7 heteroatoms. The molecule has 6 rings (SSSR count). The largest absolute Gasteiger partial charge is 0.444 e. The van der Waals surface area contributed by atoms with Gasteiger partial charge in [-0.15, -0.1) is 4.99 Å². The molecule has 2 saturated heterocycles. The van der Waals surface area contributed by atoms with Crippen molar-refractivity contribution in [3.8, 4) is 0 Å². The van der Waals surface area contributed by atoms with Gasteiger partial charge in [-0.25, -0.2) is 14.5 Å². The maximum atomic E-state index is 13.5. The molecule has 0 aliphatic carbocycles. The highest BCUT2D eigenvalue weighted by Crippen LogP contribution is 2.44. The van der Waals surface area contributed by atoms with Crippen LogP contribution >= 0.6 is 0 Å². The van der Waals surface area contributed by atoms with Gasteiger partial charge in [0, 0.05) is 12.0 Å². The van der Waals surface area contributed by atoms with Crippen molar-refractivity contribution in [1.82, 2.24) is 9.80 Å². The Balaban J connectivity index is 1.31. The van der Waals surface area contributed by atoms with Gasteiger partial charge in [0.05, 0.1) is 12.6 Å². The quantitative estimate of drug-likeness (QED) is 0.260. The minimum Gasteiger partial charge on any atom is -0.444 e. The normalized spacial score (nSPS) is 18.4. The van der Waals surface area contributed by atoms with Crippen LogP contribution < -0.4 is 0 Å². The lowest BCUT2D eigenvalue weighted by Gasteiger charge is -2.45. The fourth-order valence-corrected chi connectivity index (χ4v) is 6.00. The molecule has 0 N–H and O–H groups in total. The highest BCUT2D eigenvalue weighted by Gasteiger charge is 2.49. The molecule has 2 amide bonds. The molecular formula is C35H33N3O4. The lowest BCUT2D eigenvalue weighted by molar-refractivity contribution is 0.117. The summed E-state index contributed by atoms with van der Waals surface area (Å²) in [6.45, 7) is 1.16. The van der Waals surface area contributed by atoms with Gasteiger partial charge in [-0.05, 0) is 35.1 Å². The van der Waals surface area contributed by atoms with E-state index >= 15 is 0 Å². The van der Waals surface area contributed by atoms with E-state index in [1.807, 2.05) is 72.8 Å². The predicted molar refractivity (Wildman–Crippen MR) is 161 cm³/mol. The topological polar surface area (TPSA) is 71.4 Å². The SMILES string of the molecule is O=C(/N=C1/N(C(=O)OCc2ccccc2)CC2CCC(c3ccccc3)(c3ccccc3)CN12)OCc1ccccc1. The fourth-order valence-electron chi connectivity index (χ4n) is 6.00. The molecule has 0 radical (unpaired) electrons. The maximum absolute atomic E-state index is 13.5. The lowest BCUT2D eigenvalue weighted by atomic mass is 9.68.